The standard InChI is InChI=1S/C12H20O2/c1-2-3-4-5-6-7-8-9-10-11-12(13)14/h5-8H,2-4,9-11H2,1H3,(H,13,14)/b6-5+,8-7-. The van der Waals surface area contributed by atoms with Gasteiger partial charge in [-0.2, -0.15) is 0 Å². The molecule has 1 N–H and O–H groups in total. The Hall–Kier alpha value is -1.05. The second kappa shape index (κ2) is 10.0. The maximum atomic E-state index is 10.2. The first-order valence-electron chi connectivity index (χ1n) is 5.30. The summed E-state index contributed by atoms with van der Waals surface area (Å²) in [7, 11) is 0. The molecule has 0 aliphatic rings. The summed E-state index contributed by atoms with van der Waals surface area (Å²) in [4.78, 5) is 10.2. The van der Waals surface area contributed by atoms with Crippen LogP contribution >= 0.6 is 0 Å². The van der Waals surface area contributed by atoms with Crippen molar-refractivity contribution in [3.8, 4) is 0 Å². The van der Waals surface area contributed by atoms with Crippen LogP contribution in [0.25, 0.3) is 0 Å². The summed E-state index contributed by atoms with van der Waals surface area (Å²) in [5, 5.41) is 8.38. The predicted molar refractivity (Wildman–Crippen MR) is 59.3 cm³/mol. The molecule has 0 atom stereocenters. The molecular formula is C12H20O2. The van der Waals surface area contributed by atoms with E-state index in [1.165, 1.54) is 12.8 Å². The van der Waals surface area contributed by atoms with Gasteiger partial charge in [-0.25, -0.2) is 0 Å². The number of hydrogen-bond acceptors (Lipinski definition) is 1. The fourth-order valence-electron chi connectivity index (χ4n) is 1.04. The average Bonchev–Trinajstić information content (AvgIpc) is 2.15. The summed E-state index contributed by atoms with van der Waals surface area (Å²) in [5.41, 5.74) is 0. The lowest BCUT2D eigenvalue weighted by Gasteiger charge is -1.89. The smallest absolute Gasteiger partial charge is 0.303 e. The van der Waals surface area contributed by atoms with E-state index in [9.17, 15) is 4.79 Å². The summed E-state index contributed by atoms with van der Waals surface area (Å²) in [5.74, 6) is -0.711. The highest BCUT2D eigenvalue weighted by Gasteiger charge is 1.92. The molecule has 0 fully saturated rings. The highest BCUT2D eigenvalue weighted by atomic mass is 16.4. The molecule has 0 bridgehead atoms. The number of allylic oxidation sites excluding steroid dienone is 4. The van der Waals surface area contributed by atoms with Crippen LogP contribution in [0.1, 0.15) is 45.4 Å². The molecule has 80 valence electrons. The normalized spacial score (nSPS) is 11.5. The lowest BCUT2D eigenvalue weighted by atomic mass is 10.2. The van der Waals surface area contributed by atoms with Gasteiger partial charge < -0.3 is 5.11 Å². The van der Waals surface area contributed by atoms with E-state index in [0.29, 0.717) is 0 Å². The third-order valence-corrected chi connectivity index (χ3v) is 1.87. The fraction of sp³-hybridized carbons (Fsp3) is 0.583. The molecule has 0 aromatic rings. The van der Waals surface area contributed by atoms with Crippen molar-refractivity contribution in [1.82, 2.24) is 0 Å². The molecule has 0 radical (unpaired) electrons. The van der Waals surface area contributed by atoms with E-state index in [-0.39, 0.29) is 6.42 Å². The Balaban J connectivity index is 3.26. The van der Waals surface area contributed by atoms with Gasteiger partial charge in [-0.1, -0.05) is 44.1 Å². The first-order chi connectivity index (χ1) is 6.77. The van der Waals surface area contributed by atoms with Crippen molar-refractivity contribution in [2.24, 2.45) is 0 Å². The number of rotatable bonds is 8. The van der Waals surface area contributed by atoms with Gasteiger partial charge >= 0.3 is 5.97 Å². The third-order valence-electron chi connectivity index (χ3n) is 1.87. The van der Waals surface area contributed by atoms with Crippen molar-refractivity contribution < 1.29 is 9.90 Å². The molecule has 2 heteroatoms. The van der Waals surface area contributed by atoms with Crippen molar-refractivity contribution in [2.45, 2.75) is 45.4 Å². The highest BCUT2D eigenvalue weighted by molar-refractivity contribution is 5.66. The number of hydrogen-bond donors (Lipinski definition) is 1. The summed E-state index contributed by atoms with van der Waals surface area (Å²) >= 11 is 0. The summed E-state index contributed by atoms with van der Waals surface area (Å²) in [6.45, 7) is 2.18. The number of carbonyl (C=O) groups is 1. The maximum Gasteiger partial charge on any atom is 0.303 e. The summed E-state index contributed by atoms with van der Waals surface area (Å²) in [6.07, 6.45) is 13.7. The van der Waals surface area contributed by atoms with Crippen LogP contribution in [0.15, 0.2) is 24.3 Å². The van der Waals surface area contributed by atoms with Gasteiger partial charge in [-0.05, 0) is 19.3 Å². The van der Waals surface area contributed by atoms with Crippen LogP contribution in [-0.4, -0.2) is 11.1 Å². The first kappa shape index (κ1) is 12.9. The highest BCUT2D eigenvalue weighted by Crippen LogP contribution is 1.98. The van der Waals surface area contributed by atoms with Crippen LogP contribution in [0.4, 0.5) is 0 Å². The lowest BCUT2D eigenvalue weighted by Crippen LogP contribution is -1.92. The van der Waals surface area contributed by atoms with E-state index < -0.39 is 5.97 Å². The molecule has 0 spiro atoms. The zero-order chi connectivity index (χ0) is 10.6. The van der Waals surface area contributed by atoms with Gasteiger partial charge in [-0.3, -0.25) is 4.79 Å². The number of carboxylic acid groups (broad SMARTS) is 1. The van der Waals surface area contributed by atoms with Crippen LogP contribution in [0, 0.1) is 0 Å². The van der Waals surface area contributed by atoms with E-state index >= 15 is 0 Å². The van der Waals surface area contributed by atoms with Gasteiger partial charge in [0.15, 0.2) is 0 Å². The third kappa shape index (κ3) is 11.0. The van der Waals surface area contributed by atoms with Crippen molar-refractivity contribution in [3.05, 3.63) is 24.3 Å². The molecule has 0 aromatic heterocycles. The summed E-state index contributed by atoms with van der Waals surface area (Å²) < 4.78 is 0. The predicted octanol–water partition coefficient (Wildman–Crippen LogP) is 3.54. The molecule has 0 unspecified atom stereocenters. The van der Waals surface area contributed by atoms with Gasteiger partial charge in [-0.15, -0.1) is 0 Å². The van der Waals surface area contributed by atoms with Crippen LogP contribution in [0.2, 0.25) is 0 Å². The van der Waals surface area contributed by atoms with Crippen LogP contribution < -0.4 is 0 Å². The molecular weight excluding hydrogens is 176 g/mol. The van der Waals surface area contributed by atoms with Crippen molar-refractivity contribution in [2.75, 3.05) is 0 Å². The molecule has 0 saturated heterocycles. The molecule has 0 heterocycles. The molecule has 0 amide bonds. The number of unbranched alkanes of at least 4 members (excludes halogenated alkanes) is 3. The minimum absolute atomic E-state index is 0.268. The van der Waals surface area contributed by atoms with Crippen molar-refractivity contribution in [3.63, 3.8) is 0 Å². The Bertz CT molecular complexity index is 192. The molecule has 0 aromatic carbocycles. The largest absolute Gasteiger partial charge is 0.481 e. The Morgan fingerprint density at radius 2 is 1.71 bits per heavy atom. The topological polar surface area (TPSA) is 37.3 Å². The quantitative estimate of drug-likeness (QED) is 0.476. The van der Waals surface area contributed by atoms with E-state index in [0.717, 1.165) is 19.3 Å². The zero-order valence-electron chi connectivity index (χ0n) is 8.91. The van der Waals surface area contributed by atoms with Gasteiger partial charge in [0, 0.05) is 6.42 Å². The fourth-order valence-corrected chi connectivity index (χ4v) is 1.04. The van der Waals surface area contributed by atoms with Gasteiger partial charge in [0.05, 0.1) is 0 Å². The van der Waals surface area contributed by atoms with E-state index in [2.05, 4.69) is 13.0 Å². The van der Waals surface area contributed by atoms with Crippen molar-refractivity contribution in [1.29, 1.82) is 0 Å². The maximum absolute atomic E-state index is 10.2. The molecule has 14 heavy (non-hydrogen) atoms. The van der Waals surface area contributed by atoms with E-state index in [4.69, 9.17) is 5.11 Å². The van der Waals surface area contributed by atoms with Gasteiger partial charge in [0.1, 0.15) is 0 Å². The van der Waals surface area contributed by atoms with Crippen molar-refractivity contribution >= 4 is 5.97 Å². The second-order valence-corrected chi connectivity index (χ2v) is 3.28. The van der Waals surface area contributed by atoms with Crippen LogP contribution in [0.5, 0.6) is 0 Å². The van der Waals surface area contributed by atoms with Crippen LogP contribution in [-0.2, 0) is 4.79 Å². The van der Waals surface area contributed by atoms with E-state index in [1.807, 2.05) is 18.2 Å². The van der Waals surface area contributed by atoms with Crippen LogP contribution in [0.3, 0.4) is 0 Å². The molecule has 0 aliphatic carbocycles. The number of aliphatic carboxylic acids is 1. The zero-order valence-corrected chi connectivity index (χ0v) is 8.91. The second-order valence-electron chi connectivity index (χ2n) is 3.28. The average molecular weight is 196 g/mol. The molecule has 2 nitrogen and oxygen atoms in total. The minimum atomic E-state index is -0.711. The van der Waals surface area contributed by atoms with Gasteiger partial charge in [0.2, 0.25) is 0 Å². The molecule has 0 saturated carbocycles. The molecule has 0 rings (SSSR count). The first-order valence-corrected chi connectivity index (χ1v) is 5.30. The Morgan fingerprint density at radius 3 is 2.21 bits per heavy atom. The van der Waals surface area contributed by atoms with E-state index in [1.54, 1.807) is 0 Å². The summed E-state index contributed by atoms with van der Waals surface area (Å²) in [6, 6.07) is 0. The Morgan fingerprint density at radius 1 is 1.14 bits per heavy atom. The molecule has 0 aliphatic heterocycles. The number of carboxylic acids is 1. The van der Waals surface area contributed by atoms with Gasteiger partial charge in [0.25, 0.3) is 0 Å². The Kier molecular flexibility index (Phi) is 9.28. The SMILES string of the molecule is CCCC/C=C/C=C\CCCC(=O)O. The minimum Gasteiger partial charge on any atom is -0.481 e. The monoisotopic (exact) mass is 196 g/mol. The lowest BCUT2D eigenvalue weighted by molar-refractivity contribution is -0.137. The Labute approximate surface area is 86.3 Å².